The fraction of sp³-hybridized carbons (Fsp3) is 0.733. The van der Waals surface area contributed by atoms with Crippen molar-refractivity contribution in [3.63, 3.8) is 0 Å². The van der Waals surface area contributed by atoms with E-state index in [0.717, 1.165) is 23.7 Å². The molecule has 0 aromatic rings. The van der Waals surface area contributed by atoms with Crippen LogP contribution in [0.3, 0.4) is 0 Å². The summed E-state index contributed by atoms with van der Waals surface area (Å²) in [6, 6.07) is 0. The molecule has 0 saturated heterocycles. The molecule has 4 unspecified atom stereocenters. The molecule has 0 heterocycles. The van der Waals surface area contributed by atoms with Gasteiger partial charge >= 0.3 is 0 Å². The zero-order valence-electron chi connectivity index (χ0n) is 11.4. The Kier molecular flexibility index (Phi) is 3.27. The third-order valence-electron chi connectivity index (χ3n) is 4.19. The molecule has 1 saturated carbocycles. The first kappa shape index (κ1) is 12.3. The number of fused-ring (bicyclic) bond motifs is 1. The van der Waals surface area contributed by atoms with Crippen molar-refractivity contribution in [2.75, 3.05) is 24.5 Å². The number of hydrogen-bond donors (Lipinski definition) is 0. The largest absolute Gasteiger partial charge is 0.249 e. The summed E-state index contributed by atoms with van der Waals surface area (Å²) in [5.41, 5.74) is 1.63. The second kappa shape index (κ2) is 4.25. The Bertz CT molecular complexity index is 319. The summed E-state index contributed by atoms with van der Waals surface area (Å²) in [5.74, 6) is 4.97. The zero-order chi connectivity index (χ0) is 11.9. The molecule has 4 atom stereocenters. The first-order valence-electron chi connectivity index (χ1n) is 6.39. The standard InChI is InChI=1S/C15H26S/c1-11-7-6-8-14-12(2)9-13(15(11)14)10-16(3,4)5/h6-8,12-15H,9-10H2,1-5H3. The van der Waals surface area contributed by atoms with E-state index in [9.17, 15) is 0 Å². The van der Waals surface area contributed by atoms with Crippen LogP contribution in [0, 0.1) is 23.7 Å². The lowest BCUT2D eigenvalue weighted by atomic mass is 9.80. The number of allylic oxidation sites excluding steroid dienone is 4. The Morgan fingerprint density at radius 2 is 2.00 bits per heavy atom. The summed E-state index contributed by atoms with van der Waals surface area (Å²) in [4.78, 5) is 0. The summed E-state index contributed by atoms with van der Waals surface area (Å²) >= 11 is 0. The molecule has 0 nitrogen and oxygen atoms in total. The maximum atomic E-state index is 2.46. The van der Waals surface area contributed by atoms with Crippen LogP contribution in [0.5, 0.6) is 0 Å². The highest BCUT2D eigenvalue weighted by molar-refractivity contribution is 8.32. The van der Waals surface area contributed by atoms with E-state index in [4.69, 9.17) is 0 Å². The van der Waals surface area contributed by atoms with E-state index in [2.05, 4.69) is 50.8 Å². The predicted molar refractivity (Wildman–Crippen MR) is 77.4 cm³/mol. The Morgan fingerprint density at radius 3 is 2.62 bits per heavy atom. The average molecular weight is 238 g/mol. The van der Waals surface area contributed by atoms with E-state index in [0.29, 0.717) is 0 Å². The van der Waals surface area contributed by atoms with Crippen LogP contribution in [0.2, 0.25) is 0 Å². The molecule has 0 aliphatic heterocycles. The van der Waals surface area contributed by atoms with Crippen LogP contribution >= 0.6 is 10.0 Å². The molecule has 0 spiro atoms. The van der Waals surface area contributed by atoms with E-state index in [1.807, 2.05) is 0 Å². The molecule has 92 valence electrons. The van der Waals surface area contributed by atoms with E-state index in [1.54, 1.807) is 5.57 Å². The Morgan fingerprint density at radius 1 is 1.31 bits per heavy atom. The van der Waals surface area contributed by atoms with E-state index in [-0.39, 0.29) is 10.0 Å². The minimum atomic E-state index is -0.356. The summed E-state index contributed by atoms with van der Waals surface area (Å²) in [6.45, 7) is 4.78. The molecule has 2 rings (SSSR count). The molecule has 0 N–H and O–H groups in total. The van der Waals surface area contributed by atoms with Crippen LogP contribution in [-0.4, -0.2) is 24.5 Å². The highest BCUT2D eigenvalue weighted by Gasteiger charge is 2.41. The fourth-order valence-corrected chi connectivity index (χ4v) is 5.32. The van der Waals surface area contributed by atoms with Crippen LogP contribution in [-0.2, 0) is 0 Å². The van der Waals surface area contributed by atoms with Crippen molar-refractivity contribution < 1.29 is 0 Å². The molecule has 0 radical (unpaired) electrons. The second-order valence-corrected chi connectivity index (χ2v) is 11.1. The van der Waals surface area contributed by atoms with Crippen LogP contribution in [0.4, 0.5) is 0 Å². The monoisotopic (exact) mass is 238 g/mol. The van der Waals surface area contributed by atoms with Crippen molar-refractivity contribution >= 4 is 10.0 Å². The van der Waals surface area contributed by atoms with Crippen molar-refractivity contribution in [1.82, 2.24) is 0 Å². The van der Waals surface area contributed by atoms with Gasteiger partial charge in [-0.1, -0.05) is 30.7 Å². The Balaban J connectivity index is 2.17. The third kappa shape index (κ3) is 2.40. The zero-order valence-corrected chi connectivity index (χ0v) is 12.2. The van der Waals surface area contributed by atoms with Gasteiger partial charge in [0.1, 0.15) is 0 Å². The lowest BCUT2D eigenvalue weighted by Crippen LogP contribution is -2.22. The third-order valence-corrected chi connectivity index (χ3v) is 5.61. The summed E-state index contributed by atoms with van der Waals surface area (Å²) < 4.78 is 0. The molecule has 0 amide bonds. The SMILES string of the molecule is CC1=CC=CC2C(C)CC(CS(C)(C)C)C12. The van der Waals surface area contributed by atoms with Gasteiger partial charge in [-0.25, -0.2) is 10.0 Å². The van der Waals surface area contributed by atoms with Gasteiger partial charge in [0.15, 0.2) is 0 Å². The fourth-order valence-electron chi connectivity index (χ4n) is 3.69. The molecule has 0 aromatic carbocycles. The van der Waals surface area contributed by atoms with Crippen LogP contribution in [0.1, 0.15) is 20.3 Å². The van der Waals surface area contributed by atoms with E-state index in [1.165, 1.54) is 12.2 Å². The maximum Gasteiger partial charge on any atom is -0.0101 e. The number of hydrogen-bond acceptors (Lipinski definition) is 0. The second-order valence-electron chi connectivity index (χ2n) is 6.63. The quantitative estimate of drug-likeness (QED) is 0.680. The van der Waals surface area contributed by atoms with Gasteiger partial charge in [-0.3, -0.25) is 0 Å². The summed E-state index contributed by atoms with van der Waals surface area (Å²) in [6.07, 6.45) is 15.9. The molecule has 1 heteroatoms. The summed E-state index contributed by atoms with van der Waals surface area (Å²) in [5, 5.41) is 0. The predicted octanol–water partition coefficient (Wildman–Crippen LogP) is 4.08. The number of rotatable bonds is 2. The molecule has 16 heavy (non-hydrogen) atoms. The Labute approximate surface area is 103 Å². The lowest BCUT2D eigenvalue weighted by molar-refractivity contribution is 0.408. The van der Waals surface area contributed by atoms with Gasteiger partial charge in [-0.2, -0.15) is 0 Å². The first-order chi connectivity index (χ1) is 7.38. The van der Waals surface area contributed by atoms with Crippen LogP contribution < -0.4 is 0 Å². The lowest BCUT2D eigenvalue weighted by Gasteiger charge is -2.34. The van der Waals surface area contributed by atoms with Gasteiger partial charge in [0.25, 0.3) is 0 Å². The highest BCUT2D eigenvalue weighted by atomic mass is 32.3. The molecule has 1 fully saturated rings. The minimum Gasteiger partial charge on any atom is -0.249 e. The van der Waals surface area contributed by atoms with Gasteiger partial charge in [0.2, 0.25) is 0 Å². The van der Waals surface area contributed by atoms with Gasteiger partial charge in [0.05, 0.1) is 0 Å². The molecule has 2 aliphatic rings. The van der Waals surface area contributed by atoms with Crippen molar-refractivity contribution in [2.24, 2.45) is 23.7 Å². The minimum absolute atomic E-state index is 0.356. The first-order valence-corrected chi connectivity index (χ1v) is 9.42. The van der Waals surface area contributed by atoms with Gasteiger partial charge in [-0.05, 0) is 61.5 Å². The van der Waals surface area contributed by atoms with Crippen LogP contribution in [0.25, 0.3) is 0 Å². The van der Waals surface area contributed by atoms with Gasteiger partial charge in [-0.15, -0.1) is 0 Å². The highest BCUT2D eigenvalue weighted by Crippen LogP contribution is 2.52. The topological polar surface area (TPSA) is 0 Å². The van der Waals surface area contributed by atoms with Crippen molar-refractivity contribution in [3.05, 3.63) is 23.8 Å². The summed E-state index contributed by atoms with van der Waals surface area (Å²) in [7, 11) is -0.356. The van der Waals surface area contributed by atoms with E-state index < -0.39 is 0 Å². The smallest absolute Gasteiger partial charge is 0.0101 e. The van der Waals surface area contributed by atoms with Gasteiger partial charge < -0.3 is 0 Å². The van der Waals surface area contributed by atoms with Crippen molar-refractivity contribution in [2.45, 2.75) is 20.3 Å². The van der Waals surface area contributed by atoms with Crippen molar-refractivity contribution in [1.29, 1.82) is 0 Å². The van der Waals surface area contributed by atoms with Crippen LogP contribution in [0.15, 0.2) is 23.8 Å². The average Bonchev–Trinajstić information content (AvgIpc) is 2.42. The molecular weight excluding hydrogens is 212 g/mol. The molecule has 2 aliphatic carbocycles. The normalized spacial score (nSPS) is 39.4. The van der Waals surface area contributed by atoms with Gasteiger partial charge in [0, 0.05) is 0 Å². The molecule has 0 bridgehead atoms. The molecular formula is C15H26S. The van der Waals surface area contributed by atoms with Crippen molar-refractivity contribution in [3.8, 4) is 0 Å². The molecule has 0 aromatic heterocycles. The Hall–Kier alpha value is -0.170. The van der Waals surface area contributed by atoms with E-state index >= 15 is 0 Å². The maximum absolute atomic E-state index is 2.46.